The number of hydrogen-bond donors (Lipinski definition) is 1. The van der Waals surface area contributed by atoms with Crippen LogP contribution in [0, 0.1) is 6.92 Å². The molecule has 1 aromatic carbocycles. The van der Waals surface area contributed by atoms with E-state index in [4.69, 9.17) is 0 Å². The predicted molar refractivity (Wildman–Crippen MR) is 102 cm³/mol. The summed E-state index contributed by atoms with van der Waals surface area (Å²) in [5.41, 5.74) is 2.54. The molecule has 3 rings (SSSR count). The molecule has 0 unspecified atom stereocenters. The summed E-state index contributed by atoms with van der Waals surface area (Å²) < 4.78 is 1.86. The monoisotopic (exact) mass is 366 g/mol. The number of thioether (sulfide) groups is 1. The van der Waals surface area contributed by atoms with Crippen LogP contribution in [-0.2, 0) is 11.3 Å². The van der Waals surface area contributed by atoms with Gasteiger partial charge < -0.3 is 5.32 Å². The van der Waals surface area contributed by atoms with Crippen LogP contribution in [0.5, 0.6) is 0 Å². The molecule has 0 radical (unpaired) electrons. The first-order valence-electron chi connectivity index (χ1n) is 7.97. The van der Waals surface area contributed by atoms with Crippen LogP contribution in [0.25, 0.3) is 11.5 Å². The predicted octanol–water partition coefficient (Wildman–Crippen LogP) is 2.96. The zero-order chi connectivity index (χ0) is 18.4. The van der Waals surface area contributed by atoms with Gasteiger partial charge in [-0.2, -0.15) is 0 Å². The quantitative estimate of drug-likeness (QED) is 0.511. The third-order valence-electron chi connectivity index (χ3n) is 3.49. The van der Waals surface area contributed by atoms with E-state index in [9.17, 15) is 4.79 Å². The lowest BCUT2D eigenvalue weighted by Crippen LogP contribution is -2.14. The van der Waals surface area contributed by atoms with Crippen molar-refractivity contribution in [1.82, 2.24) is 24.7 Å². The van der Waals surface area contributed by atoms with Crippen molar-refractivity contribution < 1.29 is 4.79 Å². The van der Waals surface area contributed by atoms with Gasteiger partial charge in [-0.3, -0.25) is 14.3 Å². The zero-order valence-electron chi connectivity index (χ0n) is 14.3. The van der Waals surface area contributed by atoms with Crippen molar-refractivity contribution in [3.05, 3.63) is 61.1 Å². The maximum absolute atomic E-state index is 12.2. The maximum atomic E-state index is 12.2. The van der Waals surface area contributed by atoms with E-state index in [1.54, 1.807) is 24.7 Å². The third kappa shape index (κ3) is 4.34. The lowest BCUT2D eigenvalue weighted by atomic mass is 10.2. The molecule has 0 saturated heterocycles. The Kier molecular flexibility index (Phi) is 5.75. The Labute approximate surface area is 155 Å². The minimum Gasteiger partial charge on any atom is -0.325 e. The molecular formula is C18H18N6OS. The smallest absolute Gasteiger partial charge is 0.234 e. The van der Waals surface area contributed by atoms with Crippen LogP contribution in [0.15, 0.2) is 60.7 Å². The number of rotatable bonds is 7. The van der Waals surface area contributed by atoms with E-state index >= 15 is 0 Å². The summed E-state index contributed by atoms with van der Waals surface area (Å²) in [6.45, 7) is 6.29. The summed E-state index contributed by atoms with van der Waals surface area (Å²) >= 11 is 1.31. The highest BCUT2D eigenvalue weighted by Crippen LogP contribution is 2.22. The Balaban J connectivity index is 1.69. The number of benzene rings is 1. The highest BCUT2D eigenvalue weighted by Gasteiger charge is 2.16. The van der Waals surface area contributed by atoms with Crippen molar-refractivity contribution in [2.24, 2.45) is 0 Å². The Morgan fingerprint density at radius 2 is 2.08 bits per heavy atom. The molecule has 7 nitrogen and oxygen atoms in total. The molecule has 0 spiro atoms. The van der Waals surface area contributed by atoms with Crippen molar-refractivity contribution in [1.29, 1.82) is 0 Å². The lowest BCUT2D eigenvalue weighted by Gasteiger charge is -2.08. The van der Waals surface area contributed by atoms with Gasteiger partial charge in [0.1, 0.15) is 5.69 Å². The number of carbonyl (C=O) groups excluding carboxylic acids is 1. The summed E-state index contributed by atoms with van der Waals surface area (Å²) in [7, 11) is 0. The number of aryl methyl sites for hydroxylation is 1. The fraction of sp³-hybridized carbons (Fsp3) is 0.167. The molecule has 8 heteroatoms. The molecule has 0 fully saturated rings. The summed E-state index contributed by atoms with van der Waals surface area (Å²) in [6.07, 6.45) is 6.58. The number of nitrogens with zero attached hydrogens (tertiary/aromatic N) is 5. The second kappa shape index (κ2) is 8.39. The maximum Gasteiger partial charge on any atom is 0.234 e. The number of hydrogen-bond acceptors (Lipinski definition) is 6. The van der Waals surface area contributed by atoms with E-state index in [1.807, 2.05) is 35.8 Å². The van der Waals surface area contributed by atoms with E-state index in [-0.39, 0.29) is 11.7 Å². The third-order valence-corrected chi connectivity index (χ3v) is 4.46. The van der Waals surface area contributed by atoms with Gasteiger partial charge in [-0.1, -0.05) is 35.5 Å². The van der Waals surface area contributed by atoms with Gasteiger partial charge in [-0.15, -0.1) is 16.8 Å². The molecular weight excluding hydrogens is 348 g/mol. The number of aromatic nitrogens is 5. The van der Waals surface area contributed by atoms with Gasteiger partial charge in [-0.05, 0) is 19.1 Å². The van der Waals surface area contributed by atoms with Crippen LogP contribution >= 0.6 is 11.8 Å². The number of nitrogens with one attached hydrogen (secondary N) is 1. The Bertz CT molecular complexity index is 892. The standard InChI is InChI=1S/C18H18N6OS/c1-3-10-24-17(15-11-19-8-9-20-15)22-23-18(24)26-12-16(25)21-14-6-4-13(2)5-7-14/h3-9,11H,1,10,12H2,2H3,(H,21,25). The first-order chi connectivity index (χ1) is 12.7. The zero-order valence-corrected chi connectivity index (χ0v) is 15.1. The highest BCUT2D eigenvalue weighted by atomic mass is 32.2. The SMILES string of the molecule is C=CCn1c(SCC(=O)Nc2ccc(C)cc2)nnc1-c1cnccn1. The largest absolute Gasteiger partial charge is 0.325 e. The molecule has 0 saturated carbocycles. The van der Waals surface area contributed by atoms with Crippen LogP contribution in [0.3, 0.4) is 0 Å². The molecule has 2 aromatic heterocycles. The average Bonchev–Trinajstić information content (AvgIpc) is 3.06. The highest BCUT2D eigenvalue weighted by molar-refractivity contribution is 7.99. The van der Waals surface area contributed by atoms with Crippen LogP contribution in [0.2, 0.25) is 0 Å². The number of allylic oxidation sites excluding steroid dienone is 1. The molecule has 0 atom stereocenters. The molecule has 0 aliphatic rings. The van der Waals surface area contributed by atoms with Crippen LogP contribution < -0.4 is 5.32 Å². The van der Waals surface area contributed by atoms with Crippen molar-refractivity contribution >= 4 is 23.4 Å². The Morgan fingerprint density at radius 1 is 1.27 bits per heavy atom. The summed E-state index contributed by atoms with van der Waals surface area (Å²) in [5.74, 6) is 0.719. The fourth-order valence-electron chi connectivity index (χ4n) is 2.26. The number of amides is 1. The molecule has 2 heterocycles. The average molecular weight is 366 g/mol. The van der Waals surface area contributed by atoms with Crippen molar-refractivity contribution in [3.8, 4) is 11.5 Å². The molecule has 0 aliphatic carbocycles. The van der Waals surface area contributed by atoms with E-state index in [2.05, 4.69) is 32.1 Å². The molecule has 1 N–H and O–H groups in total. The minimum absolute atomic E-state index is 0.104. The first kappa shape index (κ1) is 17.8. The minimum atomic E-state index is -0.104. The van der Waals surface area contributed by atoms with Crippen LogP contribution in [0.1, 0.15) is 5.56 Å². The summed E-state index contributed by atoms with van der Waals surface area (Å²) in [6, 6.07) is 7.67. The van der Waals surface area contributed by atoms with Crippen LogP contribution in [0.4, 0.5) is 5.69 Å². The van der Waals surface area contributed by atoms with Crippen molar-refractivity contribution in [2.45, 2.75) is 18.6 Å². The summed E-state index contributed by atoms with van der Waals surface area (Å²) in [4.78, 5) is 20.5. The molecule has 26 heavy (non-hydrogen) atoms. The second-order valence-electron chi connectivity index (χ2n) is 5.50. The molecule has 132 valence electrons. The lowest BCUT2D eigenvalue weighted by molar-refractivity contribution is -0.113. The topological polar surface area (TPSA) is 85.6 Å². The summed E-state index contributed by atoms with van der Waals surface area (Å²) in [5, 5.41) is 11.9. The normalized spacial score (nSPS) is 10.5. The second-order valence-corrected chi connectivity index (χ2v) is 6.44. The molecule has 0 aliphatic heterocycles. The van der Waals surface area contributed by atoms with E-state index in [0.717, 1.165) is 11.3 Å². The van der Waals surface area contributed by atoms with Crippen LogP contribution in [-0.4, -0.2) is 36.4 Å². The molecule has 0 bridgehead atoms. The van der Waals surface area contributed by atoms with Crippen molar-refractivity contribution in [2.75, 3.05) is 11.1 Å². The first-order valence-corrected chi connectivity index (χ1v) is 8.95. The van der Waals surface area contributed by atoms with E-state index in [1.165, 1.54) is 11.8 Å². The molecule has 1 amide bonds. The Morgan fingerprint density at radius 3 is 2.77 bits per heavy atom. The van der Waals surface area contributed by atoms with Gasteiger partial charge >= 0.3 is 0 Å². The van der Waals surface area contributed by atoms with Gasteiger partial charge in [0.25, 0.3) is 0 Å². The number of anilines is 1. The fourth-order valence-corrected chi connectivity index (χ4v) is 3.01. The van der Waals surface area contributed by atoms with E-state index in [0.29, 0.717) is 23.2 Å². The van der Waals surface area contributed by atoms with Gasteiger partial charge in [0.05, 0.1) is 11.9 Å². The van der Waals surface area contributed by atoms with Gasteiger partial charge in [0.15, 0.2) is 11.0 Å². The van der Waals surface area contributed by atoms with Gasteiger partial charge in [-0.25, -0.2) is 4.98 Å². The van der Waals surface area contributed by atoms with E-state index < -0.39 is 0 Å². The molecule has 3 aromatic rings. The Hall–Kier alpha value is -3.00. The number of carbonyl (C=O) groups is 1. The van der Waals surface area contributed by atoms with Crippen molar-refractivity contribution in [3.63, 3.8) is 0 Å². The van der Waals surface area contributed by atoms with Gasteiger partial charge in [0.2, 0.25) is 5.91 Å². The van der Waals surface area contributed by atoms with Gasteiger partial charge in [0, 0.05) is 24.6 Å².